The van der Waals surface area contributed by atoms with Crippen LogP contribution in [0, 0.1) is 10.1 Å². The third kappa shape index (κ3) is 2.87. The first-order valence-corrected chi connectivity index (χ1v) is 11.6. The number of benzene rings is 1. The Morgan fingerprint density at radius 1 is 1.10 bits per heavy atom. The van der Waals surface area contributed by atoms with Gasteiger partial charge in [0.1, 0.15) is 0 Å². The second-order valence-corrected chi connectivity index (χ2v) is 9.32. The van der Waals surface area contributed by atoms with Crippen LogP contribution in [0.4, 0.5) is 11.9 Å². The van der Waals surface area contributed by atoms with Crippen molar-refractivity contribution in [2.24, 2.45) is 7.05 Å². The third-order valence-corrected chi connectivity index (χ3v) is 7.62. The fourth-order valence-corrected chi connectivity index (χ4v) is 6.24. The highest BCUT2D eigenvalue weighted by atomic mass is 16.6. The number of hydrogen-bond acceptors (Lipinski definition) is 5. The average molecular weight is 421 g/mol. The second kappa shape index (κ2) is 7.07. The summed E-state index contributed by atoms with van der Waals surface area (Å²) in [6.45, 7) is 1.65. The third-order valence-electron chi connectivity index (χ3n) is 7.62. The van der Waals surface area contributed by atoms with Crippen LogP contribution in [0.1, 0.15) is 73.7 Å². The van der Waals surface area contributed by atoms with Gasteiger partial charge in [0.05, 0.1) is 6.04 Å². The van der Waals surface area contributed by atoms with Gasteiger partial charge < -0.3 is 19.6 Å². The van der Waals surface area contributed by atoms with E-state index in [9.17, 15) is 10.1 Å². The predicted octanol–water partition coefficient (Wildman–Crippen LogP) is 4.62. The van der Waals surface area contributed by atoms with Crippen LogP contribution in [0.5, 0.6) is 0 Å². The zero-order valence-corrected chi connectivity index (χ0v) is 18.0. The monoisotopic (exact) mass is 420 g/mol. The molecule has 2 aliphatic carbocycles. The molecule has 8 nitrogen and oxygen atoms in total. The summed E-state index contributed by atoms with van der Waals surface area (Å²) in [5, 5.41) is 16.6. The van der Waals surface area contributed by atoms with E-state index < -0.39 is 4.92 Å². The molecule has 1 aliphatic heterocycles. The first-order chi connectivity index (χ1) is 15.1. The molecule has 0 radical (unpaired) electrons. The molecule has 1 unspecified atom stereocenters. The topological polar surface area (TPSA) is 82.0 Å². The summed E-state index contributed by atoms with van der Waals surface area (Å²) in [7, 11) is 1.75. The number of fused-ring (bicyclic) bond motifs is 3. The smallest absolute Gasteiger partial charge is 0.390 e. The molecule has 1 atom stereocenters. The van der Waals surface area contributed by atoms with Crippen molar-refractivity contribution in [3.05, 3.63) is 45.1 Å². The lowest BCUT2D eigenvalue weighted by atomic mass is 9.83. The standard InChI is InChI=1S/C23H28N6O2/c1-26-23(24-22(25-26)29(30)31)28-13-12-27-19-11-10-16(15-6-3-2-4-7-15)14-18(19)17-8-5-9-20(28)21(17)27/h10-11,14-15,20H,2-9,12-13H2,1H3. The van der Waals surface area contributed by atoms with E-state index in [0.717, 1.165) is 32.4 Å². The molecule has 31 heavy (non-hydrogen) atoms. The number of anilines is 1. The van der Waals surface area contributed by atoms with Crippen LogP contribution in [0.25, 0.3) is 10.9 Å². The molecule has 8 heteroatoms. The van der Waals surface area contributed by atoms with Crippen LogP contribution >= 0.6 is 0 Å². The molecule has 2 aromatic heterocycles. The average Bonchev–Trinajstić information content (AvgIpc) is 3.34. The Balaban J connectivity index is 1.44. The quantitative estimate of drug-likeness (QED) is 0.456. The molecule has 1 fully saturated rings. The number of hydrogen-bond donors (Lipinski definition) is 0. The van der Waals surface area contributed by atoms with Gasteiger partial charge >= 0.3 is 11.9 Å². The van der Waals surface area contributed by atoms with Crippen molar-refractivity contribution in [3.8, 4) is 0 Å². The van der Waals surface area contributed by atoms with Crippen LogP contribution in [-0.4, -0.2) is 30.8 Å². The summed E-state index contributed by atoms with van der Waals surface area (Å²) in [4.78, 5) is 17.2. The highest BCUT2D eigenvalue weighted by Crippen LogP contribution is 2.45. The number of nitrogens with zero attached hydrogens (tertiary/aromatic N) is 6. The van der Waals surface area contributed by atoms with Crippen LogP contribution in [0.15, 0.2) is 18.2 Å². The molecule has 3 aliphatic rings. The van der Waals surface area contributed by atoms with E-state index in [1.54, 1.807) is 11.7 Å². The van der Waals surface area contributed by atoms with Gasteiger partial charge in [0.25, 0.3) is 0 Å². The lowest BCUT2D eigenvalue weighted by molar-refractivity contribution is -0.394. The molecular formula is C23H28N6O2. The minimum absolute atomic E-state index is 0.200. The summed E-state index contributed by atoms with van der Waals surface area (Å²) < 4.78 is 4.06. The van der Waals surface area contributed by atoms with Crippen LogP contribution < -0.4 is 4.90 Å². The molecule has 0 bridgehead atoms. The van der Waals surface area contributed by atoms with Crippen molar-refractivity contribution in [1.82, 2.24) is 19.3 Å². The molecule has 0 amide bonds. The maximum atomic E-state index is 11.2. The van der Waals surface area contributed by atoms with Crippen LogP contribution in [0.2, 0.25) is 0 Å². The Bertz CT molecular complexity index is 1170. The molecule has 0 spiro atoms. The molecule has 0 N–H and O–H groups in total. The van der Waals surface area contributed by atoms with Gasteiger partial charge in [-0.15, -0.1) is 0 Å². The first-order valence-electron chi connectivity index (χ1n) is 11.6. The van der Waals surface area contributed by atoms with E-state index in [1.807, 2.05) is 0 Å². The Morgan fingerprint density at radius 2 is 1.94 bits per heavy atom. The number of rotatable bonds is 3. The van der Waals surface area contributed by atoms with Crippen molar-refractivity contribution >= 4 is 22.8 Å². The minimum atomic E-state index is -0.510. The number of nitro groups is 1. The fraction of sp³-hybridized carbons (Fsp3) is 0.565. The zero-order chi connectivity index (χ0) is 21.1. The summed E-state index contributed by atoms with van der Waals surface area (Å²) in [6, 6.07) is 7.38. The van der Waals surface area contributed by atoms with Gasteiger partial charge in [0, 0.05) is 41.8 Å². The zero-order valence-electron chi connectivity index (χ0n) is 18.0. The van der Waals surface area contributed by atoms with Gasteiger partial charge in [-0.1, -0.05) is 25.3 Å². The van der Waals surface area contributed by atoms with Gasteiger partial charge in [0.15, 0.2) is 0 Å². The normalized spacial score (nSPS) is 21.5. The predicted molar refractivity (Wildman–Crippen MR) is 118 cm³/mol. The Kier molecular flexibility index (Phi) is 4.30. The highest BCUT2D eigenvalue weighted by molar-refractivity contribution is 5.87. The highest BCUT2D eigenvalue weighted by Gasteiger charge is 2.39. The summed E-state index contributed by atoms with van der Waals surface area (Å²) in [5.41, 5.74) is 5.72. The maximum Gasteiger partial charge on any atom is 0.493 e. The molecule has 3 aromatic rings. The van der Waals surface area contributed by atoms with Gasteiger partial charge in [-0.25, -0.2) is 0 Å². The van der Waals surface area contributed by atoms with E-state index in [4.69, 9.17) is 0 Å². The molecule has 3 heterocycles. The molecule has 6 rings (SSSR count). The van der Waals surface area contributed by atoms with Crippen molar-refractivity contribution in [2.45, 2.75) is 69.9 Å². The molecular weight excluding hydrogens is 392 g/mol. The van der Waals surface area contributed by atoms with Gasteiger partial charge in [-0.2, -0.15) is 4.68 Å². The maximum absolute atomic E-state index is 11.2. The first kappa shape index (κ1) is 18.8. The number of aryl methyl sites for hydroxylation is 2. The molecule has 162 valence electrons. The molecule has 1 saturated carbocycles. The number of aromatic nitrogens is 4. The van der Waals surface area contributed by atoms with Crippen molar-refractivity contribution in [2.75, 3.05) is 11.4 Å². The summed E-state index contributed by atoms with van der Waals surface area (Å²) >= 11 is 0. The Hall–Kier alpha value is -2.90. The fourth-order valence-electron chi connectivity index (χ4n) is 6.24. The van der Waals surface area contributed by atoms with E-state index in [-0.39, 0.29) is 12.0 Å². The largest absolute Gasteiger partial charge is 0.493 e. The minimum Gasteiger partial charge on any atom is -0.390 e. The van der Waals surface area contributed by atoms with Crippen molar-refractivity contribution < 1.29 is 4.92 Å². The van der Waals surface area contributed by atoms with E-state index in [0.29, 0.717) is 11.9 Å². The Morgan fingerprint density at radius 3 is 2.71 bits per heavy atom. The van der Waals surface area contributed by atoms with Crippen LogP contribution in [-0.2, 0) is 20.0 Å². The lowest BCUT2D eigenvalue weighted by Gasteiger charge is -2.38. The molecule has 0 saturated heterocycles. The van der Waals surface area contributed by atoms with E-state index in [1.165, 1.54) is 59.8 Å². The van der Waals surface area contributed by atoms with Gasteiger partial charge in [-0.05, 0) is 71.2 Å². The van der Waals surface area contributed by atoms with Crippen LogP contribution in [0.3, 0.4) is 0 Å². The Labute approximate surface area is 181 Å². The summed E-state index contributed by atoms with van der Waals surface area (Å²) in [5.74, 6) is 0.984. The van der Waals surface area contributed by atoms with Crippen molar-refractivity contribution in [3.63, 3.8) is 0 Å². The lowest BCUT2D eigenvalue weighted by Crippen LogP contribution is -2.41. The van der Waals surface area contributed by atoms with E-state index >= 15 is 0 Å². The van der Waals surface area contributed by atoms with Crippen molar-refractivity contribution in [1.29, 1.82) is 0 Å². The molecule has 1 aromatic carbocycles. The van der Waals surface area contributed by atoms with Gasteiger partial charge in [-0.3, -0.25) is 0 Å². The summed E-state index contributed by atoms with van der Waals surface area (Å²) in [6.07, 6.45) is 9.98. The van der Waals surface area contributed by atoms with Gasteiger partial charge in [0.2, 0.25) is 0 Å². The SMILES string of the molecule is Cn1nc([N+](=O)[O-])nc1N1CCn2c3c(c4cc(C5CCCCC5)ccc42)CCCC31. The van der Waals surface area contributed by atoms with E-state index in [2.05, 4.69) is 37.7 Å². The second-order valence-electron chi connectivity index (χ2n) is 9.32.